The summed E-state index contributed by atoms with van der Waals surface area (Å²) >= 11 is 0. The van der Waals surface area contributed by atoms with Gasteiger partial charge in [-0.05, 0) is 34.1 Å². The Morgan fingerprint density at radius 3 is 2.33 bits per heavy atom. The van der Waals surface area contributed by atoms with Crippen molar-refractivity contribution in [3.8, 4) is 0 Å². The number of nitrogens with two attached hydrogens (primary N) is 1. The predicted octanol–water partition coefficient (Wildman–Crippen LogP) is 1.47. The summed E-state index contributed by atoms with van der Waals surface area (Å²) in [5.41, 5.74) is 4.70. The molecular formula is C12H27IN4O. The Labute approximate surface area is 127 Å². The standard InChI is InChI=1S/C12H26N4O.HI/c1-6-9(3)16-11(14-7-2)15-8-12(4,5)10(13)17;/h9H,6-8H2,1-5H3,(H2,13,17)(H2,14,15,16);1H. The minimum absolute atomic E-state index is 0. The van der Waals surface area contributed by atoms with Gasteiger partial charge in [0.2, 0.25) is 5.91 Å². The lowest BCUT2D eigenvalue weighted by atomic mass is 9.93. The van der Waals surface area contributed by atoms with E-state index in [2.05, 4.69) is 29.5 Å². The van der Waals surface area contributed by atoms with Crippen molar-refractivity contribution in [1.82, 2.24) is 10.6 Å². The molecule has 4 N–H and O–H groups in total. The largest absolute Gasteiger partial charge is 0.369 e. The molecule has 0 aromatic carbocycles. The molecule has 0 spiro atoms. The van der Waals surface area contributed by atoms with Crippen molar-refractivity contribution in [3.05, 3.63) is 0 Å². The highest BCUT2D eigenvalue weighted by atomic mass is 127. The highest BCUT2D eigenvalue weighted by molar-refractivity contribution is 14.0. The van der Waals surface area contributed by atoms with E-state index in [1.807, 2.05) is 6.92 Å². The number of halogens is 1. The van der Waals surface area contributed by atoms with E-state index in [1.165, 1.54) is 0 Å². The van der Waals surface area contributed by atoms with Crippen LogP contribution in [0.25, 0.3) is 0 Å². The zero-order valence-electron chi connectivity index (χ0n) is 12.0. The normalized spacial score (nSPS) is 13.5. The van der Waals surface area contributed by atoms with Gasteiger partial charge in [0.1, 0.15) is 0 Å². The van der Waals surface area contributed by atoms with E-state index in [-0.39, 0.29) is 29.9 Å². The van der Waals surface area contributed by atoms with Crippen molar-refractivity contribution in [2.75, 3.05) is 13.1 Å². The molecule has 6 heteroatoms. The number of primary amides is 1. The number of carbonyl (C=O) groups is 1. The predicted molar refractivity (Wildman–Crippen MR) is 87.3 cm³/mol. The first-order chi connectivity index (χ1) is 7.83. The number of hydrogen-bond donors (Lipinski definition) is 3. The van der Waals surface area contributed by atoms with E-state index in [0.717, 1.165) is 18.9 Å². The molecule has 0 heterocycles. The number of amides is 1. The van der Waals surface area contributed by atoms with Crippen LogP contribution in [-0.4, -0.2) is 31.0 Å². The summed E-state index contributed by atoms with van der Waals surface area (Å²) < 4.78 is 0. The fourth-order valence-electron chi connectivity index (χ4n) is 1.01. The highest BCUT2D eigenvalue weighted by Crippen LogP contribution is 2.13. The Morgan fingerprint density at radius 2 is 1.94 bits per heavy atom. The number of guanidine groups is 1. The molecule has 0 radical (unpaired) electrons. The van der Waals surface area contributed by atoms with Gasteiger partial charge in [0.05, 0.1) is 12.0 Å². The topological polar surface area (TPSA) is 79.5 Å². The second-order valence-electron chi connectivity index (χ2n) is 4.90. The van der Waals surface area contributed by atoms with E-state index in [4.69, 9.17) is 5.73 Å². The fourth-order valence-corrected chi connectivity index (χ4v) is 1.01. The Balaban J connectivity index is 0. The Hall–Kier alpha value is -0.530. The second-order valence-corrected chi connectivity index (χ2v) is 4.90. The Morgan fingerprint density at radius 1 is 1.39 bits per heavy atom. The zero-order valence-corrected chi connectivity index (χ0v) is 14.4. The number of rotatable bonds is 6. The van der Waals surface area contributed by atoms with Crippen LogP contribution in [0.5, 0.6) is 0 Å². The number of aliphatic imine (C=N–C) groups is 1. The third kappa shape index (κ3) is 7.73. The summed E-state index contributed by atoms with van der Waals surface area (Å²) in [6.07, 6.45) is 1.02. The first-order valence-corrected chi connectivity index (χ1v) is 6.18. The molecule has 1 unspecified atom stereocenters. The number of hydrogen-bond acceptors (Lipinski definition) is 2. The molecule has 0 aromatic heterocycles. The summed E-state index contributed by atoms with van der Waals surface area (Å²) in [7, 11) is 0. The van der Waals surface area contributed by atoms with E-state index < -0.39 is 5.41 Å². The quantitative estimate of drug-likeness (QED) is 0.376. The van der Waals surface area contributed by atoms with Crippen LogP contribution >= 0.6 is 24.0 Å². The van der Waals surface area contributed by atoms with Crippen LogP contribution in [0.15, 0.2) is 4.99 Å². The average molecular weight is 370 g/mol. The molecule has 0 saturated carbocycles. The minimum Gasteiger partial charge on any atom is -0.369 e. The van der Waals surface area contributed by atoms with Gasteiger partial charge in [0.25, 0.3) is 0 Å². The number of nitrogens with one attached hydrogen (secondary N) is 2. The molecular weight excluding hydrogens is 343 g/mol. The summed E-state index contributed by atoms with van der Waals surface area (Å²) in [4.78, 5) is 15.6. The van der Waals surface area contributed by atoms with Crippen molar-refractivity contribution >= 4 is 35.8 Å². The molecule has 0 aliphatic heterocycles. The fraction of sp³-hybridized carbons (Fsp3) is 0.833. The van der Waals surface area contributed by atoms with E-state index >= 15 is 0 Å². The monoisotopic (exact) mass is 370 g/mol. The van der Waals surface area contributed by atoms with Crippen LogP contribution in [0.4, 0.5) is 0 Å². The summed E-state index contributed by atoms with van der Waals surface area (Å²) in [5.74, 6) is 0.400. The first-order valence-electron chi connectivity index (χ1n) is 6.18. The molecule has 0 aliphatic carbocycles. The van der Waals surface area contributed by atoms with Crippen LogP contribution in [0.2, 0.25) is 0 Å². The number of carbonyl (C=O) groups excluding carboxylic acids is 1. The van der Waals surface area contributed by atoms with Crippen LogP contribution in [-0.2, 0) is 4.79 Å². The van der Waals surface area contributed by atoms with Gasteiger partial charge < -0.3 is 16.4 Å². The van der Waals surface area contributed by atoms with Crippen LogP contribution in [0.3, 0.4) is 0 Å². The minimum atomic E-state index is -0.613. The summed E-state index contributed by atoms with van der Waals surface area (Å²) in [6, 6.07) is 0.351. The maximum Gasteiger partial charge on any atom is 0.224 e. The first kappa shape index (κ1) is 19.8. The van der Waals surface area contributed by atoms with Gasteiger partial charge in [-0.15, -0.1) is 24.0 Å². The van der Waals surface area contributed by atoms with Gasteiger partial charge in [0.15, 0.2) is 5.96 Å². The van der Waals surface area contributed by atoms with Gasteiger partial charge >= 0.3 is 0 Å². The maximum absolute atomic E-state index is 11.2. The van der Waals surface area contributed by atoms with E-state index in [1.54, 1.807) is 13.8 Å². The van der Waals surface area contributed by atoms with E-state index in [9.17, 15) is 4.79 Å². The van der Waals surface area contributed by atoms with Gasteiger partial charge in [-0.25, -0.2) is 0 Å². The molecule has 1 atom stereocenters. The van der Waals surface area contributed by atoms with Crippen LogP contribution < -0.4 is 16.4 Å². The van der Waals surface area contributed by atoms with Crippen molar-refractivity contribution in [3.63, 3.8) is 0 Å². The van der Waals surface area contributed by atoms with E-state index in [0.29, 0.717) is 12.6 Å². The molecule has 0 saturated heterocycles. The van der Waals surface area contributed by atoms with Gasteiger partial charge in [-0.3, -0.25) is 9.79 Å². The third-order valence-corrected chi connectivity index (χ3v) is 2.64. The molecule has 0 aromatic rings. The van der Waals surface area contributed by atoms with Gasteiger partial charge in [-0.2, -0.15) is 0 Å². The molecule has 0 bridgehead atoms. The van der Waals surface area contributed by atoms with Crippen molar-refractivity contribution < 1.29 is 4.79 Å². The molecule has 0 rings (SSSR count). The highest BCUT2D eigenvalue weighted by Gasteiger charge is 2.24. The molecule has 18 heavy (non-hydrogen) atoms. The summed E-state index contributed by atoms with van der Waals surface area (Å²) in [6.45, 7) is 11.0. The second kappa shape index (κ2) is 9.41. The van der Waals surface area contributed by atoms with Crippen LogP contribution in [0.1, 0.15) is 41.0 Å². The number of nitrogens with zero attached hydrogens (tertiary/aromatic N) is 1. The Kier molecular flexibility index (Phi) is 10.3. The molecule has 5 nitrogen and oxygen atoms in total. The smallest absolute Gasteiger partial charge is 0.224 e. The molecule has 108 valence electrons. The van der Waals surface area contributed by atoms with Gasteiger partial charge in [-0.1, -0.05) is 6.92 Å². The lowest BCUT2D eigenvalue weighted by molar-refractivity contribution is -0.125. The summed E-state index contributed by atoms with van der Waals surface area (Å²) in [5, 5.41) is 6.41. The molecule has 0 aliphatic rings. The molecule has 1 amide bonds. The van der Waals surface area contributed by atoms with Crippen molar-refractivity contribution in [1.29, 1.82) is 0 Å². The average Bonchev–Trinajstić information content (AvgIpc) is 2.26. The molecule has 0 fully saturated rings. The third-order valence-electron chi connectivity index (χ3n) is 2.64. The van der Waals surface area contributed by atoms with Crippen molar-refractivity contribution in [2.24, 2.45) is 16.1 Å². The van der Waals surface area contributed by atoms with Crippen molar-refractivity contribution in [2.45, 2.75) is 47.1 Å². The maximum atomic E-state index is 11.2. The zero-order chi connectivity index (χ0) is 13.5. The lowest BCUT2D eigenvalue weighted by Gasteiger charge is -2.20. The lowest BCUT2D eigenvalue weighted by Crippen LogP contribution is -2.43. The Bertz CT molecular complexity index is 279. The van der Waals surface area contributed by atoms with Crippen LogP contribution in [0, 0.1) is 5.41 Å². The van der Waals surface area contributed by atoms with Gasteiger partial charge in [0, 0.05) is 12.6 Å². The SMILES string of the molecule is CCNC(=NCC(C)(C)C(N)=O)NC(C)CC.I.